The molecule has 1 heterocycles. The number of carbonyl (C=O) groups excluding carboxylic acids is 3. The first kappa shape index (κ1) is 18.2. The van der Waals surface area contributed by atoms with Crippen LogP contribution in [0.3, 0.4) is 0 Å². The van der Waals surface area contributed by atoms with Crippen LogP contribution in [0.15, 0.2) is 0 Å². The third-order valence-electron chi connectivity index (χ3n) is 4.68. The standard InChI is InChI=1S/C18H25NO5/c1-10-15(18(22)23-4)11(2)19-16(10)17(21)12(3)24-14(20)9-13-7-5-6-8-13/h12-13,19H,5-9H2,1-4H3/t12-/m0/s1. The molecule has 0 saturated heterocycles. The maximum Gasteiger partial charge on any atom is 0.339 e. The van der Waals surface area contributed by atoms with Gasteiger partial charge in [0.05, 0.1) is 18.4 Å². The molecule has 1 fully saturated rings. The number of Topliss-reactive ketones (excluding diaryl/α,β-unsaturated/α-hetero) is 1. The van der Waals surface area contributed by atoms with Crippen molar-refractivity contribution in [3.05, 3.63) is 22.5 Å². The van der Waals surface area contributed by atoms with Gasteiger partial charge in [0.25, 0.3) is 0 Å². The maximum absolute atomic E-state index is 12.6. The van der Waals surface area contributed by atoms with Gasteiger partial charge in [0.1, 0.15) is 0 Å². The van der Waals surface area contributed by atoms with E-state index in [4.69, 9.17) is 9.47 Å². The molecule has 1 aromatic heterocycles. The Labute approximate surface area is 141 Å². The van der Waals surface area contributed by atoms with E-state index in [-0.39, 0.29) is 17.4 Å². The van der Waals surface area contributed by atoms with E-state index in [2.05, 4.69) is 4.98 Å². The van der Waals surface area contributed by atoms with Gasteiger partial charge in [0, 0.05) is 12.1 Å². The first-order chi connectivity index (χ1) is 11.3. The summed E-state index contributed by atoms with van der Waals surface area (Å²) >= 11 is 0. The molecule has 24 heavy (non-hydrogen) atoms. The van der Waals surface area contributed by atoms with Crippen LogP contribution < -0.4 is 0 Å². The Morgan fingerprint density at radius 1 is 1.21 bits per heavy atom. The Balaban J connectivity index is 2.05. The topological polar surface area (TPSA) is 85.5 Å². The molecule has 0 radical (unpaired) electrons. The molecule has 132 valence electrons. The molecule has 0 aliphatic heterocycles. The van der Waals surface area contributed by atoms with Crippen LogP contribution in [0.4, 0.5) is 0 Å². The highest BCUT2D eigenvalue weighted by Gasteiger charge is 2.28. The van der Waals surface area contributed by atoms with Crippen molar-refractivity contribution in [1.82, 2.24) is 4.98 Å². The average Bonchev–Trinajstić information content (AvgIpc) is 3.13. The molecule has 1 aromatic rings. The van der Waals surface area contributed by atoms with Gasteiger partial charge in [0.15, 0.2) is 6.10 Å². The average molecular weight is 335 g/mol. The van der Waals surface area contributed by atoms with E-state index in [0.717, 1.165) is 25.7 Å². The summed E-state index contributed by atoms with van der Waals surface area (Å²) in [7, 11) is 1.29. The predicted molar refractivity (Wildman–Crippen MR) is 88.1 cm³/mol. The van der Waals surface area contributed by atoms with Crippen molar-refractivity contribution < 1.29 is 23.9 Å². The van der Waals surface area contributed by atoms with Gasteiger partial charge in [-0.1, -0.05) is 12.8 Å². The van der Waals surface area contributed by atoms with E-state index in [9.17, 15) is 14.4 Å². The van der Waals surface area contributed by atoms with Gasteiger partial charge in [-0.05, 0) is 45.1 Å². The van der Waals surface area contributed by atoms with Crippen LogP contribution in [-0.4, -0.2) is 35.9 Å². The van der Waals surface area contributed by atoms with E-state index in [1.54, 1.807) is 20.8 Å². The number of ketones is 1. The van der Waals surface area contributed by atoms with Crippen molar-refractivity contribution in [2.45, 2.75) is 59.0 Å². The zero-order valence-corrected chi connectivity index (χ0v) is 14.7. The monoisotopic (exact) mass is 335 g/mol. The minimum Gasteiger partial charge on any atom is -0.465 e. The fourth-order valence-corrected chi connectivity index (χ4v) is 3.36. The van der Waals surface area contributed by atoms with Crippen molar-refractivity contribution in [2.24, 2.45) is 5.92 Å². The lowest BCUT2D eigenvalue weighted by molar-refractivity contribution is -0.147. The van der Waals surface area contributed by atoms with Crippen molar-refractivity contribution in [3.8, 4) is 0 Å². The van der Waals surface area contributed by atoms with Crippen molar-refractivity contribution in [2.75, 3.05) is 7.11 Å². The van der Waals surface area contributed by atoms with Crippen molar-refractivity contribution in [1.29, 1.82) is 0 Å². The minimum absolute atomic E-state index is 0.286. The zero-order valence-electron chi connectivity index (χ0n) is 14.7. The van der Waals surface area contributed by atoms with Crippen LogP contribution in [0, 0.1) is 19.8 Å². The molecule has 6 heteroatoms. The number of carbonyl (C=O) groups is 3. The summed E-state index contributed by atoms with van der Waals surface area (Å²) in [5.41, 5.74) is 1.72. The number of nitrogens with one attached hydrogen (secondary N) is 1. The minimum atomic E-state index is -0.888. The van der Waals surface area contributed by atoms with Crippen LogP contribution in [-0.2, 0) is 14.3 Å². The molecule has 0 unspecified atom stereocenters. The summed E-state index contributed by atoms with van der Waals surface area (Å²) < 4.78 is 10.0. The van der Waals surface area contributed by atoms with Gasteiger partial charge in [-0.2, -0.15) is 0 Å². The Hall–Kier alpha value is -2.11. The molecule has 0 aromatic carbocycles. The number of methoxy groups -OCH3 is 1. The number of ether oxygens (including phenoxy) is 2. The quantitative estimate of drug-likeness (QED) is 0.638. The number of esters is 2. The van der Waals surface area contributed by atoms with Crippen LogP contribution >= 0.6 is 0 Å². The molecule has 1 N–H and O–H groups in total. The molecule has 2 rings (SSSR count). The Morgan fingerprint density at radius 3 is 2.42 bits per heavy atom. The first-order valence-electron chi connectivity index (χ1n) is 8.36. The van der Waals surface area contributed by atoms with Gasteiger partial charge in [-0.25, -0.2) is 4.79 Å². The first-order valence-corrected chi connectivity index (χ1v) is 8.36. The molecule has 6 nitrogen and oxygen atoms in total. The lowest BCUT2D eigenvalue weighted by Crippen LogP contribution is -2.26. The van der Waals surface area contributed by atoms with E-state index < -0.39 is 12.1 Å². The summed E-state index contributed by atoms with van der Waals surface area (Å²) in [5, 5.41) is 0. The van der Waals surface area contributed by atoms with E-state index >= 15 is 0 Å². The summed E-state index contributed by atoms with van der Waals surface area (Å²) in [6.07, 6.45) is 3.89. The Bertz CT molecular complexity index is 640. The number of aromatic nitrogens is 1. The van der Waals surface area contributed by atoms with Gasteiger partial charge in [-0.15, -0.1) is 0 Å². The van der Waals surface area contributed by atoms with Crippen LogP contribution in [0.25, 0.3) is 0 Å². The SMILES string of the molecule is COC(=O)c1c(C)[nH]c(C(=O)[C@H](C)OC(=O)CC2CCCC2)c1C. The largest absolute Gasteiger partial charge is 0.465 e. The van der Waals surface area contributed by atoms with Crippen molar-refractivity contribution >= 4 is 17.7 Å². The normalized spacial score (nSPS) is 16.0. The lowest BCUT2D eigenvalue weighted by atomic mass is 10.0. The fourth-order valence-electron chi connectivity index (χ4n) is 3.36. The number of hydrogen-bond donors (Lipinski definition) is 1. The summed E-state index contributed by atoms with van der Waals surface area (Å²) in [5.74, 6) is -0.797. The van der Waals surface area contributed by atoms with Crippen LogP contribution in [0.2, 0.25) is 0 Å². The highest BCUT2D eigenvalue weighted by atomic mass is 16.5. The predicted octanol–water partition coefficient (Wildman–Crippen LogP) is 3.11. The lowest BCUT2D eigenvalue weighted by Gasteiger charge is -2.14. The Morgan fingerprint density at radius 2 is 1.83 bits per heavy atom. The number of aryl methyl sites for hydroxylation is 1. The second-order valence-electron chi connectivity index (χ2n) is 6.47. The van der Waals surface area contributed by atoms with E-state index in [1.165, 1.54) is 7.11 Å². The highest BCUT2D eigenvalue weighted by Crippen LogP contribution is 2.28. The number of rotatable bonds is 6. The molecule has 1 aliphatic carbocycles. The molecule has 1 saturated carbocycles. The molecular formula is C18H25NO5. The molecule has 1 aliphatic rings. The maximum atomic E-state index is 12.6. The second-order valence-corrected chi connectivity index (χ2v) is 6.47. The second kappa shape index (κ2) is 7.64. The molecule has 0 amide bonds. The smallest absolute Gasteiger partial charge is 0.339 e. The third-order valence-corrected chi connectivity index (χ3v) is 4.68. The Kier molecular flexibility index (Phi) is 5.80. The summed E-state index contributed by atoms with van der Waals surface area (Å²) in [4.78, 5) is 39.3. The van der Waals surface area contributed by atoms with Gasteiger partial charge in [-0.3, -0.25) is 9.59 Å². The molecular weight excluding hydrogens is 310 g/mol. The fraction of sp³-hybridized carbons (Fsp3) is 0.611. The number of aromatic amines is 1. The van der Waals surface area contributed by atoms with E-state index in [0.29, 0.717) is 29.2 Å². The molecule has 0 bridgehead atoms. The molecule has 1 atom stereocenters. The van der Waals surface area contributed by atoms with Gasteiger partial charge in [0.2, 0.25) is 5.78 Å². The zero-order chi connectivity index (χ0) is 17.9. The number of hydrogen-bond acceptors (Lipinski definition) is 5. The van der Waals surface area contributed by atoms with Gasteiger partial charge < -0.3 is 14.5 Å². The van der Waals surface area contributed by atoms with Crippen LogP contribution in [0.1, 0.15) is 71.1 Å². The van der Waals surface area contributed by atoms with Gasteiger partial charge >= 0.3 is 11.9 Å². The third kappa shape index (κ3) is 3.86. The summed E-state index contributed by atoms with van der Waals surface area (Å²) in [6, 6.07) is 0. The summed E-state index contributed by atoms with van der Waals surface area (Å²) in [6.45, 7) is 4.94. The number of H-pyrrole nitrogens is 1. The van der Waals surface area contributed by atoms with Crippen LogP contribution in [0.5, 0.6) is 0 Å². The van der Waals surface area contributed by atoms with E-state index in [1.807, 2.05) is 0 Å². The van der Waals surface area contributed by atoms with Crippen molar-refractivity contribution in [3.63, 3.8) is 0 Å². The highest BCUT2D eigenvalue weighted by molar-refractivity contribution is 6.03. The molecule has 0 spiro atoms.